The zero-order valence-corrected chi connectivity index (χ0v) is 18.1. The van der Waals surface area contributed by atoms with Crippen LogP contribution in [0.4, 0.5) is 11.8 Å². The van der Waals surface area contributed by atoms with E-state index in [0.717, 1.165) is 28.0 Å². The monoisotopic (exact) mass is 444 g/mol. The highest BCUT2D eigenvalue weighted by atomic mass is 16.4. The summed E-state index contributed by atoms with van der Waals surface area (Å²) in [5.41, 5.74) is 4.38. The molecular formula is C21H20N10O2. The summed E-state index contributed by atoms with van der Waals surface area (Å²) in [5, 5.41) is 18.1. The van der Waals surface area contributed by atoms with Gasteiger partial charge in [-0.2, -0.15) is 5.10 Å². The van der Waals surface area contributed by atoms with E-state index in [2.05, 4.69) is 41.0 Å². The first-order valence-electron chi connectivity index (χ1n) is 10.1. The Balaban J connectivity index is 1.31. The molecule has 0 atom stereocenters. The van der Waals surface area contributed by atoms with Crippen LogP contribution in [0.2, 0.25) is 0 Å². The van der Waals surface area contributed by atoms with E-state index in [1.807, 2.05) is 45.3 Å². The number of nitrogens with zero attached hydrogens (tertiary/aromatic N) is 8. The quantitative estimate of drug-likeness (QED) is 0.403. The molecular weight excluding hydrogens is 424 g/mol. The first kappa shape index (κ1) is 20.3. The van der Waals surface area contributed by atoms with Crippen molar-refractivity contribution < 1.29 is 9.21 Å². The number of nitrogens with one attached hydrogen (secondary N) is 2. The molecule has 0 unspecified atom stereocenters. The van der Waals surface area contributed by atoms with E-state index >= 15 is 0 Å². The zero-order valence-electron chi connectivity index (χ0n) is 18.1. The maximum Gasteiger partial charge on any atom is 0.307 e. The molecule has 5 aromatic rings. The summed E-state index contributed by atoms with van der Waals surface area (Å²) in [6, 6.07) is 7.49. The Bertz CT molecular complexity index is 1470. The fourth-order valence-corrected chi connectivity index (χ4v) is 3.30. The van der Waals surface area contributed by atoms with Crippen LogP contribution in [0.5, 0.6) is 0 Å². The Morgan fingerprint density at radius 1 is 1.15 bits per heavy atom. The van der Waals surface area contributed by atoms with E-state index in [-0.39, 0.29) is 5.89 Å². The maximum absolute atomic E-state index is 12.6. The Kier molecular flexibility index (Phi) is 5.01. The van der Waals surface area contributed by atoms with Crippen molar-refractivity contribution in [2.24, 2.45) is 14.1 Å². The van der Waals surface area contributed by atoms with Crippen molar-refractivity contribution in [2.75, 3.05) is 5.32 Å². The number of benzene rings is 1. The highest BCUT2D eigenvalue weighted by Gasteiger charge is 2.17. The number of aryl methyl sites for hydroxylation is 3. The van der Waals surface area contributed by atoms with Crippen LogP contribution >= 0.6 is 0 Å². The summed E-state index contributed by atoms with van der Waals surface area (Å²) >= 11 is 0. The van der Waals surface area contributed by atoms with Gasteiger partial charge in [0.05, 0.1) is 11.7 Å². The van der Waals surface area contributed by atoms with Gasteiger partial charge in [0.2, 0.25) is 5.95 Å². The van der Waals surface area contributed by atoms with Crippen LogP contribution in [0.3, 0.4) is 0 Å². The third-order valence-electron chi connectivity index (χ3n) is 5.10. The second-order valence-electron chi connectivity index (χ2n) is 7.45. The van der Waals surface area contributed by atoms with E-state index in [1.165, 1.54) is 6.26 Å². The lowest BCUT2D eigenvalue weighted by Crippen LogP contribution is -2.23. The SMILES string of the molecule is Cc1cnc(Nc2ccnn2C)nc1-c1coc(C(=O)NCc2ccc3nnn(C)c3c2)n1. The molecule has 0 aliphatic carbocycles. The van der Waals surface area contributed by atoms with Crippen LogP contribution in [0.25, 0.3) is 22.4 Å². The van der Waals surface area contributed by atoms with Gasteiger partial charge in [-0.3, -0.25) is 9.48 Å². The highest BCUT2D eigenvalue weighted by molar-refractivity contribution is 5.90. The molecule has 12 nitrogen and oxygen atoms in total. The largest absolute Gasteiger partial charge is 0.440 e. The number of rotatable bonds is 6. The van der Waals surface area contributed by atoms with Gasteiger partial charge in [0.15, 0.2) is 0 Å². The van der Waals surface area contributed by atoms with Crippen molar-refractivity contribution >= 4 is 28.7 Å². The highest BCUT2D eigenvalue weighted by Crippen LogP contribution is 2.22. The number of anilines is 2. The van der Waals surface area contributed by atoms with Gasteiger partial charge in [0.1, 0.15) is 29.0 Å². The Morgan fingerprint density at radius 2 is 2.03 bits per heavy atom. The molecule has 0 aliphatic heterocycles. The van der Waals surface area contributed by atoms with Gasteiger partial charge in [-0.15, -0.1) is 5.10 Å². The normalized spacial score (nSPS) is 11.1. The molecule has 0 fully saturated rings. The molecule has 0 radical (unpaired) electrons. The molecule has 12 heteroatoms. The standard InChI is InChI=1S/C21H20N10O2/c1-12-9-23-21(26-17-6-7-24-31(17)3)27-18(12)15-11-33-20(25-15)19(32)22-10-13-4-5-14-16(8-13)30(2)29-28-14/h4-9,11H,10H2,1-3H3,(H,22,32)(H,23,26,27). The molecule has 0 saturated heterocycles. The van der Waals surface area contributed by atoms with Crippen LogP contribution in [0.1, 0.15) is 21.8 Å². The number of hydrogen-bond donors (Lipinski definition) is 2. The topological polar surface area (TPSA) is 141 Å². The Labute approximate surface area is 187 Å². The number of aromatic nitrogens is 8. The van der Waals surface area contributed by atoms with Crippen LogP contribution in [-0.2, 0) is 20.6 Å². The summed E-state index contributed by atoms with van der Waals surface area (Å²) in [6.07, 6.45) is 4.76. The molecule has 0 spiro atoms. The van der Waals surface area contributed by atoms with Crippen LogP contribution in [0, 0.1) is 6.92 Å². The van der Waals surface area contributed by atoms with E-state index in [9.17, 15) is 4.79 Å². The minimum Gasteiger partial charge on any atom is -0.440 e. The van der Waals surface area contributed by atoms with Crippen molar-refractivity contribution in [3.8, 4) is 11.4 Å². The van der Waals surface area contributed by atoms with Gasteiger partial charge < -0.3 is 15.1 Å². The van der Waals surface area contributed by atoms with E-state index in [0.29, 0.717) is 23.9 Å². The number of amides is 1. The molecule has 4 heterocycles. The van der Waals surface area contributed by atoms with Crippen LogP contribution in [0.15, 0.2) is 47.3 Å². The summed E-state index contributed by atoms with van der Waals surface area (Å²) < 4.78 is 8.78. The summed E-state index contributed by atoms with van der Waals surface area (Å²) in [6.45, 7) is 2.17. The minimum absolute atomic E-state index is 0.0487. The third kappa shape index (κ3) is 4.01. The number of carbonyl (C=O) groups excluding carboxylic acids is 1. The Morgan fingerprint density at radius 3 is 2.85 bits per heavy atom. The summed E-state index contributed by atoms with van der Waals surface area (Å²) in [5.74, 6) is 0.648. The first-order chi connectivity index (χ1) is 16.0. The predicted octanol–water partition coefficient (Wildman–Crippen LogP) is 2.13. The molecule has 5 rings (SSSR count). The van der Waals surface area contributed by atoms with E-state index < -0.39 is 5.91 Å². The van der Waals surface area contributed by atoms with Gasteiger partial charge in [0, 0.05) is 32.9 Å². The van der Waals surface area contributed by atoms with Crippen molar-refractivity contribution in [3.05, 3.63) is 59.9 Å². The molecule has 4 aromatic heterocycles. The average molecular weight is 444 g/mol. The predicted molar refractivity (Wildman–Crippen MR) is 118 cm³/mol. The molecule has 0 bridgehead atoms. The molecule has 0 saturated carbocycles. The molecule has 0 aliphatic rings. The second-order valence-corrected chi connectivity index (χ2v) is 7.45. The fraction of sp³-hybridized carbons (Fsp3) is 0.190. The van der Waals surface area contributed by atoms with Gasteiger partial charge in [-0.1, -0.05) is 11.3 Å². The fourth-order valence-electron chi connectivity index (χ4n) is 3.30. The number of oxazole rings is 1. The third-order valence-corrected chi connectivity index (χ3v) is 5.10. The average Bonchev–Trinajstić information content (AvgIpc) is 3.55. The van der Waals surface area contributed by atoms with E-state index in [1.54, 1.807) is 21.8 Å². The zero-order chi connectivity index (χ0) is 22.9. The van der Waals surface area contributed by atoms with E-state index in [4.69, 9.17) is 4.42 Å². The summed E-state index contributed by atoms with van der Waals surface area (Å²) in [4.78, 5) is 25.7. The molecule has 1 amide bonds. The van der Waals surface area contributed by atoms with Crippen LogP contribution < -0.4 is 10.6 Å². The lowest BCUT2D eigenvalue weighted by molar-refractivity contribution is 0.0916. The number of fused-ring (bicyclic) bond motifs is 1. The van der Waals surface area contributed by atoms with Crippen molar-refractivity contribution in [1.82, 2.24) is 45.0 Å². The van der Waals surface area contributed by atoms with Crippen molar-refractivity contribution in [3.63, 3.8) is 0 Å². The van der Waals surface area contributed by atoms with Crippen LogP contribution in [-0.4, -0.2) is 45.6 Å². The van der Waals surface area contributed by atoms with Gasteiger partial charge in [-0.05, 0) is 30.2 Å². The first-order valence-corrected chi connectivity index (χ1v) is 10.1. The van der Waals surface area contributed by atoms with Gasteiger partial charge >= 0.3 is 5.91 Å². The number of hydrogen-bond acceptors (Lipinski definition) is 9. The van der Waals surface area contributed by atoms with Gasteiger partial charge in [0.25, 0.3) is 5.89 Å². The Hall–Kier alpha value is -4.61. The number of carbonyl (C=O) groups is 1. The maximum atomic E-state index is 12.6. The molecule has 33 heavy (non-hydrogen) atoms. The minimum atomic E-state index is -0.426. The second kappa shape index (κ2) is 8.15. The van der Waals surface area contributed by atoms with Crippen molar-refractivity contribution in [2.45, 2.75) is 13.5 Å². The summed E-state index contributed by atoms with van der Waals surface area (Å²) in [7, 11) is 3.63. The smallest absolute Gasteiger partial charge is 0.307 e. The lowest BCUT2D eigenvalue weighted by Gasteiger charge is -2.07. The molecule has 2 N–H and O–H groups in total. The lowest BCUT2D eigenvalue weighted by atomic mass is 10.2. The van der Waals surface area contributed by atoms with Gasteiger partial charge in [-0.25, -0.2) is 19.6 Å². The molecule has 166 valence electrons. The molecule has 1 aromatic carbocycles. The van der Waals surface area contributed by atoms with Crippen molar-refractivity contribution in [1.29, 1.82) is 0 Å².